The fourth-order valence-corrected chi connectivity index (χ4v) is 3.82. The maximum absolute atomic E-state index is 8.36. The van der Waals surface area contributed by atoms with E-state index in [0.29, 0.717) is 17.4 Å². The number of aromatic nitrogens is 2. The molecule has 5 rings (SSSR count). The molecule has 34 heavy (non-hydrogen) atoms. The van der Waals surface area contributed by atoms with Crippen molar-refractivity contribution in [2.24, 2.45) is 0 Å². The summed E-state index contributed by atoms with van der Waals surface area (Å²) in [6.07, 6.45) is 4.47. The van der Waals surface area contributed by atoms with Crippen LogP contribution in [0, 0.1) is 6.92 Å². The van der Waals surface area contributed by atoms with Crippen molar-refractivity contribution < 1.29 is 23.8 Å². The Morgan fingerprint density at radius 1 is 0.971 bits per heavy atom. The maximum atomic E-state index is 8.36. The van der Waals surface area contributed by atoms with Crippen molar-refractivity contribution in [2.75, 3.05) is 14.2 Å². The predicted molar refractivity (Wildman–Crippen MR) is 131 cm³/mol. The highest BCUT2D eigenvalue weighted by atomic mass is 16.5. The third kappa shape index (κ3) is 4.68. The average molecular weight is 456 g/mol. The van der Waals surface area contributed by atoms with Gasteiger partial charge in [-0.2, -0.15) is 0 Å². The van der Waals surface area contributed by atoms with E-state index in [0.717, 1.165) is 45.0 Å². The van der Waals surface area contributed by atoms with Crippen LogP contribution >= 0.6 is 0 Å². The van der Waals surface area contributed by atoms with Gasteiger partial charge in [-0.15, -0.1) is 0 Å². The van der Waals surface area contributed by atoms with E-state index in [-0.39, 0.29) is 6.47 Å². The van der Waals surface area contributed by atoms with Crippen LogP contribution in [0.25, 0.3) is 33.3 Å². The van der Waals surface area contributed by atoms with Gasteiger partial charge in [0.1, 0.15) is 5.52 Å². The first-order valence-electron chi connectivity index (χ1n) is 10.6. The normalized spacial score (nSPS) is 10.6. The standard InChI is InChI=1S/C26H22N2O3.CH2O2/c1-16-4-7-18(8-5-16)26-28-22-11-17(6-9-23(22)31-26)10-19-14-27-15-20-12-24(29-2)25(30-3)13-21(19)20;2-1-3/h4-9,11-15H,10H2,1-3H3;1H,(H,2,3). The van der Waals surface area contributed by atoms with Crippen molar-refractivity contribution in [1.29, 1.82) is 0 Å². The van der Waals surface area contributed by atoms with E-state index < -0.39 is 0 Å². The molecule has 5 aromatic rings. The Morgan fingerprint density at radius 2 is 1.68 bits per heavy atom. The van der Waals surface area contributed by atoms with E-state index in [9.17, 15) is 0 Å². The second kappa shape index (κ2) is 10.0. The topological polar surface area (TPSA) is 94.7 Å². The number of rotatable bonds is 5. The largest absolute Gasteiger partial charge is 0.493 e. The van der Waals surface area contributed by atoms with Crippen molar-refractivity contribution in [3.05, 3.63) is 83.7 Å². The summed E-state index contributed by atoms with van der Waals surface area (Å²) in [6, 6.07) is 18.3. The molecule has 7 nitrogen and oxygen atoms in total. The molecule has 3 aromatic carbocycles. The summed E-state index contributed by atoms with van der Waals surface area (Å²) in [5.41, 5.74) is 6.06. The summed E-state index contributed by atoms with van der Waals surface area (Å²) in [5, 5.41) is 8.99. The average Bonchev–Trinajstić information content (AvgIpc) is 3.28. The van der Waals surface area contributed by atoms with Gasteiger partial charge >= 0.3 is 0 Å². The second-order valence-corrected chi connectivity index (χ2v) is 7.70. The lowest BCUT2D eigenvalue weighted by atomic mass is 10.00. The number of pyridine rings is 1. The maximum Gasteiger partial charge on any atom is 0.290 e. The van der Waals surface area contributed by atoms with Crippen LogP contribution in [-0.2, 0) is 11.2 Å². The molecule has 172 valence electrons. The number of ether oxygens (including phenoxy) is 2. The monoisotopic (exact) mass is 456 g/mol. The molecule has 0 aliphatic heterocycles. The quantitative estimate of drug-likeness (QED) is 0.341. The van der Waals surface area contributed by atoms with E-state index >= 15 is 0 Å². The lowest BCUT2D eigenvalue weighted by Crippen LogP contribution is -1.95. The Hall–Kier alpha value is -4.39. The third-order valence-electron chi connectivity index (χ3n) is 5.49. The third-order valence-corrected chi connectivity index (χ3v) is 5.49. The smallest absolute Gasteiger partial charge is 0.290 e. The molecule has 0 amide bonds. The first-order chi connectivity index (χ1) is 16.6. The SMILES string of the molecule is COc1cc2cncc(Cc3ccc4oc(-c5ccc(C)cc5)nc4c3)c2cc1OC.O=CO. The number of nitrogens with zero attached hydrogens (tertiary/aromatic N) is 2. The summed E-state index contributed by atoms with van der Waals surface area (Å²) >= 11 is 0. The van der Waals surface area contributed by atoms with Gasteiger partial charge < -0.3 is 19.0 Å². The number of aryl methyl sites for hydroxylation is 1. The van der Waals surface area contributed by atoms with Gasteiger partial charge in [0.25, 0.3) is 6.47 Å². The summed E-state index contributed by atoms with van der Waals surface area (Å²) in [4.78, 5) is 17.5. The molecule has 0 bridgehead atoms. The number of methoxy groups -OCH3 is 2. The highest BCUT2D eigenvalue weighted by Crippen LogP contribution is 2.34. The number of oxazole rings is 1. The van der Waals surface area contributed by atoms with Gasteiger partial charge in [0, 0.05) is 23.3 Å². The molecule has 2 aromatic heterocycles. The van der Waals surface area contributed by atoms with Crippen molar-refractivity contribution in [1.82, 2.24) is 9.97 Å². The molecule has 0 atom stereocenters. The summed E-state index contributed by atoms with van der Waals surface area (Å²) in [5.74, 6) is 2.04. The summed E-state index contributed by atoms with van der Waals surface area (Å²) < 4.78 is 16.9. The molecule has 2 heterocycles. The number of carboxylic acid groups (broad SMARTS) is 1. The van der Waals surface area contributed by atoms with Gasteiger partial charge in [-0.25, -0.2) is 4.98 Å². The minimum atomic E-state index is -0.250. The molecular weight excluding hydrogens is 432 g/mol. The lowest BCUT2D eigenvalue weighted by molar-refractivity contribution is -0.122. The lowest BCUT2D eigenvalue weighted by Gasteiger charge is -2.11. The van der Waals surface area contributed by atoms with Crippen LogP contribution in [0.3, 0.4) is 0 Å². The molecule has 0 aliphatic carbocycles. The van der Waals surface area contributed by atoms with Crippen molar-refractivity contribution in [3.8, 4) is 23.0 Å². The van der Waals surface area contributed by atoms with Crippen LogP contribution in [0.4, 0.5) is 0 Å². The van der Waals surface area contributed by atoms with Gasteiger partial charge in [0.05, 0.1) is 14.2 Å². The molecule has 0 aliphatic rings. The number of carbonyl (C=O) groups is 1. The minimum Gasteiger partial charge on any atom is -0.493 e. The molecule has 0 saturated carbocycles. The number of hydrogen-bond donors (Lipinski definition) is 1. The van der Waals surface area contributed by atoms with Gasteiger partial charge in [0.2, 0.25) is 5.89 Å². The van der Waals surface area contributed by atoms with Crippen LogP contribution in [-0.4, -0.2) is 35.8 Å². The molecule has 1 N–H and O–H groups in total. The molecule has 0 radical (unpaired) electrons. The molecule has 0 saturated heterocycles. The molecule has 7 heteroatoms. The van der Waals surface area contributed by atoms with Crippen molar-refractivity contribution >= 4 is 28.3 Å². The Balaban J connectivity index is 0.000000868. The Morgan fingerprint density at radius 3 is 2.38 bits per heavy atom. The fourth-order valence-electron chi connectivity index (χ4n) is 3.82. The van der Waals surface area contributed by atoms with Crippen LogP contribution in [0.1, 0.15) is 16.7 Å². The van der Waals surface area contributed by atoms with Gasteiger partial charge in [0.15, 0.2) is 17.1 Å². The first kappa shape index (κ1) is 22.8. The fraction of sp³-hybridized carbons (Fsp3) is 0.148. The van der Waals surface area contributed by atoms with E-state index in [1.807, 2.05) is 42.7 Å². The van der Waals surface area contributed by atoms with E-state index in [2.05, 4.69) is 36.2 Å². The van der Waals surface area contributed by atoms with E-state index in [1.54, 1.807) is 14.2 Å². The van der Waals surface area contributed by atoms with Crippen LogP contribution < -0.4 is 9.47 Å². The predicted octanol–water partition coefficient (Wildman–Crippen LogP) is 5.66. The second-order valence-electron chi connectivity index (χ2n) is 7.70. The zero-order valence-electron chi connectivity index (χ0n) is 19.1. The van der Waals surface area contributed by atoms with Crippen LogP contribution in [0.5, 0.6) is 11.5 Å². The van der Waals surface area contributed by atoms with E-state index in [1.165, 1.54) is 5.56 Å². The van der Waals surface area contributed by atoms with E-state index in [4.69, 9.17) is 28.8 Å². The highest BCUT2D eigenvalue weighted by molar-refractivity contribution is 5.88. The summed E-state index contributed by atoms with van der Waals surface area (Å²) in [7, 11) is 3.29. The van der Waals surface area contributed by atoms with Crippen LogP contribution in [0.2, 0.25) is 0 Å². The highest BCUT2D eigenvalue weighted by Gasteiger charge is 2.12. The van der Waals surface area contributed by atoms with Crippen molar-refractivity contribution in [2.45, 2.75) is 13.3 Å². The van der Waals surface area contributed by atoms with Crippen molar-refractivity contribution in [3.63, 3.8) is 0 Å². The number of benzene rings is 3. The summed E-state index contributed by atoms with van der Waals surface area (Å²) in [6.45, 7) is 1.82. The first-order valence-corrected chi connectivity index (χ1v) is 10.6. The van der Waals surface area contributed by atoms with Gasteiger partial charge in [-0.05, 0) is 66.3 Å². The van der Waals surface area contributed by atoms with Gasteiger partial charge in [-0.3, -0.25) is 9.78 Å². The Labute approximate surface area is 196 Å². The number of fused-ring (bicyclic) bond motifs is 2. The molecule has 0 spiro atoms. The van der Waals surface area contributed by atoms with Gasteiger partial charge in [-0.1, -0.05) is 23.8 Å². The molecular formula is C27H24N2O5. The zero-order valence-corrected chi connectivity index (χ0v) is 19.1. The minimum absolute atomic E-state index is 0.250. The number of hydrogen-bond acceptors (Lipinski definition) is 6. The zero-order chi connectivity index (χ0) is 24.1. The Kier molecular flexibility index (Phi) is 6.73. The van der Waals surface area contributed by atoms with Crippen LogP contribution in [0.15, 0.2) is 71.4 Å². The Bertz CT molecular complexity index is 1440. The molecule has 0 unspecified atom stereocenters. The molecule has 0 fully saturated rings.